The van der Waals surface area contributed by atoms with E-state index in [-0.39, 0.29) is 5.91 Å². The van der Waals surface area contributed by atoms with E-state index in [1.54, 1.807) is 17.2 Å². The van der Waals surface area contributed by atoms with Crippen LogP contribution in [0.25, 0.3) is 0 Å². The summed E-state index contributed by atoms with van der Waals surface area (Å²) in [5.74, 6) is 0.545. The van der Waals surface area contributed by atoms with E-state index in [0.717, 1.165) is 13.1 Å². The quantitative estimate of drug-likeness (QED) is 0.806. The van der Waals surface area contributed by atoms with Crippen LogP contribution < -0.4 is 10.2 Å². The maximum atomic E-state index is 12.6. The van der Waals surface area contributed by atoms with Crippen molar-refractivity contribution in [1.82, 2.24) is 9.88 Å². The second-order valence-corrected chi connectivity index (χ2v) is 7.90. The molecule has 1 aromatic carbocycles. The van der Waals surface area contributed by atoms with E-state index >= 15 is 0 Å². The number of para-hydroxylation sites is 1. The molecule has 0 atom stereocenters. The highest BCUT2D eigenvalue weighted by Crippen LogP contribution is 2.26. The number of morpholine rings is 1. The van der Waals surface area contributed by atoms with E-state index < -0.39 is 0 Å². The lowest BCUT2D eigenvalue weighted by Gasteiger charge is -2.30. The molecule has 6 nitrogen and oxygen atoms in total. The van der Waals surface area contributed by atoms with Crippen LogP contribution in [0.15, 0.2) is 36.5 Å². The Labute approximate surface area is 176 Å². The molecule has 2 saturated heterocycles. The van der Waals surface area contributed by atoms with E-state index in [1.807, 2.05) is 0 Å². The summed E-state index contributed by atoms with van der Waals surface area (Å²) in [5.41, 5.74) is 3.01. The van der Waals surface area contributed by atoms with Gasteiger partial charge in [0.2, 0.25) is 0 Å². The van der Waals surface area contributed by atoms with Crippen molar-refractivity contribution in [3.05, 3.63) is 52.7 Å². The Morgan fingerprint density at radius 1 is 1.10 bits per heavy atom. The summed E-state index contributed by atoms with van der Waals surface area (Å²) in [6, 6.07) is 10.2. The van der Waals surface area contributed by atoms with E-state index in [2.05, 4.69) is 39.5 Å². The molecular weight excluding hydrogens is 388 g/mol. The third-order valence-electron chi connectivity index (χ3n) is 5.52. The van der Waals surface area contributed by atoms with E-state index in [9.17, 15) is 4.79 Å². The minimum absolute atomic E-state index is 0.0512. The van der Waals surface area contributed by atoms with E-state index in [4.69, 9.17) is 16.3 Å². The first-order valence-corrected chi connectivity index (χ1v) is 10.7. The largest absolute Gasteiger partial charge is 0.378 e. The van der Waals surface area contributed by atoms with Gasteiger partial charge in [0.25, 0.3) is 5.91 Å². The molecule has 2 aliphatic rings. The number of aromatic nitrogens is 1. The molecule has 0 spiro atoms. The molecular formula is C22H27ClN4O2. The van der Waals surface area contributed by atoms with Gasteiger partial charge in [-0.25, -0.2) is 4.98 Å². The van der Waals surface area contributed by atoms with Crippen molar-refractivity contribution < 1.29 is 9.53 Å². The lowest BCUT2D eigenvalue weighted by atomic mass is 10.1. The average Bonchev–Trinajstić information content (AvgIpc) is 2.79. The van der Waals surface area contributed by atoms with Gasteiger partial charge in [0.05, 0.1) is 23.8 Å². The van der Waals surface area contributed by atoms with Crippen LogP contribution in [0.5, 0.6) is 0 Å². The summed E-state index contributed by atoms with van der Waals surface area (Å²) < 4.78 is 5.31. The molecule has 0 saturated carbocycles. The van der Waals surface area contributed by atoms with Crippen molar-refractivity contribution in [2.75, 3.05) is 49.6 Å². The highest BCUT2D eigenvalue weighted by atomic mass is 35.5. The minimum Gasteiger partial charge on any atom is -0.378 e. The SMILES string of the molecule is O=C(c1cnc(NCc2ccccc2N2CCCCC2)c(Cl)c1)N1CCOCC1. The summed E-state index contributed by atoms with van der Waals surface area (Å²) >= 11 is 6.44. The van der Waals surface area contributed by atoms with Gasteiger partial charge in [-0.2, -0.15) is 0 Å². The molecule has 4 rings (SSSR count). The third kappa shape index (κ3) is 4.82. The van der Waals surface area contributed by atoms with Crippen LogP contribution in [0.2, 0.25) is 5.02 Å². The summed E-state index contributed by atoms with van der Waals surface area (Å²) in [7, 11) is 0. The number of carbonyl (C=O) groups excluding carboxylic acids is 1. The first kappa shape index (κ1) is 20.0. The normalized spacial score (nSPS) is 17.3. The van der Waals surface area contributed by atoms with E-state index in [1.165, 1.54) is 30.5 Å². The molecule has 0 unspecified atom stereocenters. The number of nitrogens with one attached hydrogen (secondary N) is 1. The second kappa shape index (κ2) is 9.46. The predicted molar refractivity (Wildman–Crippen MR) is 116 cm³/mol. The molecule has 154 valence electrons. The smallest absolute Gasteiger partial charge is 0.255 e. The third-order valence-corrected chi connectivity index (χ3v) is 5.81. The molecule has 0 aliphatic carbocycles. The Morgan fingerprint density at radius 3 is 2.62 bits per heavy atom. The summed E-state index contributed by atoms with van der Waals surface area (Å²) in [6.07, 6.45) is 5.40. The first-order chi connectivity index (χ1) is 14.2. The van der Waals surface area contributed by atoms with Crippen LogP contribution in [0.4, 0.5) is 11.5 Å². The molecule has 1 N–H and O–H groups in total. The molecule has 1 amide bonds. The number of halogens is 1. The number of amides is 1. The zero-order chi connectivity index (χ0) is 20.1. The van der Waals surface area contributed by atoms with Crippen molar-refractivity contribution in [2.24, 2.45) is 0 Å². The molecule has 0 radical (unpaired) electrons. The van der Waals surface area contributed by atoms with Crippen LogP contribution in [0, 0.1) is 0 Å². The number of pyridine rings is 1. The molecule has 7 heteroatoms. The molecule has 2 aliphatic heterocycles. The van der Waals surface area contributed by atoms with Gasteiger partial charge in [-0.15, -0.1) is 0 Å². The maximum Gasteiger partial charge on any atom is 0.255 e. The van der Waals surface area contributed by atoms with Crippen LogP contribution in [-0.4, -0.2) is 55.2 Å². The number of hydrogen-bond acceptors (Lipinski definition) is 5. The molecule has 3 heterocycles. The van der Waals surface area contributed by atoms with Crippen LogP contribution in [-0.2, 0) is 11.3 Å². The Kier molecular flexibility index (Phi) is 6.52. The Morgan fingerprint density at radius 2 is 1.86 bits per heavy atom. The fourth-order valence-electron chi connectivity index (χ4n) is 3.92. The van der Waals surface area contributed by atoms with Gasteiger partial charge < -0.3 is 19.9 Å². The van der Waals surface area contributed by atoms with Gasteiger partial charge in [-0.05, 0) is 37.0 Å². The number of hydrogen-bond donors (Lipinski definition) is 1. The number of ether oxygens (including phenoxy) is 1. The zero-order valence-corrected chi connectivity index (χ0v) is 17.3. The highest BCUT2D eigenvalue weighted by Gasteiger charge is 2.20. The van der Waals surface area contributed by atoms with Gasteiger partial charge in [0.1, 0.15) is 5.82 Å². The number of piperidine rings is 1. The van der Waals surface area contributed by atoms with Gasteiger partial charge in [-0.1, -0.05) is 29.8 Å². The predicted octanol–water partition coefficient (Wildman–Crippen LogP) is 3.81. The molecule has 1 aromatic heterocycles. The molecule has 0 bridgehead atoms. The number of nitrogens with zero attached hydrogens (tertiary/aromatic N) is 3. The number of anilines is 2. The highest BCUT2D eigenvalue weighted by molar-refractivity contribution is 6.33. The maximum absolute atomic E-state index is 12.6. The van der Waals surface area contributed by atoms with Crippen molar-refractivity contribution in [1.29, 1.82) is 0 Å². The van der Waals surface area contributed by atoms with Crippen LogP contribution in [0.1, 0.15) is 35.2 Å². The fraction of sp³-hybridized carbons (Fsp3) is 0.455. The van der Waals surface area contributed by atoms with Crippen molar-refractivity contribution in [3.8, 4) is 0 Å². The zero-order valence-electron chi connectivity index (χ0n) is 16.6. The lowest BCUT2D eigenvalue weighted by molar-refractivity contribution is 0.0302. The monoisotopic (exact) mass is 414 g/mol. The standard InChI is InChI=1S/C22H27ClN4O2/c23-19-14-18(22(28)27-10-12-29-13-11-27)16-25-21(19)24-15-17-6-2-3-7-20(17)26-8-4-1-5-9-26/h2-3,6-7,14,16H,1,4-5,8-13,15H2,(H,24,25). The Hall–Kier alpha value is -2.31. The summed E-state index contributed by atoms with van der Waals surface area (Å²) in [4.78, 5) is 21.3. The van der Waals surface area contributed by atoms with Crippen LogP contribution >= 0.6 is 11.6 Å². The number of benzene rings is 1. The summed E-state index contributed by atoms with van der Waals surface area (Å²) in [6.45, 7) is 5.19. The van der Waals surface area contributed by atoms with Crippen molar-refractivity contribution >= 4 is 29.0 Å². The summed E-state index contributed by atoms with van der Waals surface area (Å²) in [5, 5.41) is 3.80. The molecule has 2 fully saturated rings. The van der Waals surface area contributed by atoms with Gasteiger partial charge >= 0.3 is 0 Å². The first-order valence-electron chi connectivity index (χ1n) is 10.3. The number of carbonyl (C=O) groups is 1. The van der Waals surface area contributed by atoms with Crippen molar-refractivity contribution in [2.45, 2.75) is 25.8 Å². The van der Waals surface area contributed by atoms with E-state index in [0.29, 0.717) is 49.3 Å². The van der Waals surface area contributed by atoms with Gasteiger partial charge in [0.15, 0.2) is 0 Å². The van der Waals surface area contributed by atoms with Crippen LogP contribution in [0.3, 0.4) is 0 Å². The fourth-order valence-corrected chi connectivity index (χ4v) is 4.15. The molecule has 2 aromatic rings. The topological polar surface area (TPSA) is 57.7 Å². The average molecular weight is 415 g/mol. The van der Waals surface area contributed by atoms with Gasteiger partial charge in [-0.3, -0.25) is 4.79 Å². The Balaban J connectivity index is 1.43. The molecule has 29 heavy (non-hydrogen) atoms. The van der Waals surface area contributed by atoms with Crippen molar-refractivity contribution in [3.63, 3.8) is 0 Å². The lowest BCUT2D eigenvalue weighted by Crippen LogP contribution is -2.40. The Bertz CT molecular complexity index is 848. The minimum atomic E-state index is -0.0512. The number of rotatable bonds is 5. The van der Waals surface area contributed by atoms with Gasteiger partial charge in [0, 0.05) is 44.6 Å². The second-order valence-electron chi connectivity index (χ2n) is 7.49.